The number of nitrogens with zero attached hydrogens (tertiary/aromatic N) is 1. The van der Waals surface area contributed by atoms with Crippen molar-refractivity contribution in [2.24, 2.45) is 5.92 Å². The monoisotopic (exact) mass is 155 g/mol. The molecule has 1 heterocycles. The summed E-state index contributed by atoms with van der Waals surface area (Å²) in [5, 5.41) is 4.00. The van der Waals surface area contributed by atoms with E-state index in [1.165, 1.54) is 0 Å². The van der Waals surface area contributed by atoms with Gasteiger partial charge in [0.2, 0.25) is 0 Å². The van der Waals surface area contributed by atoms with Crippen LogP contribution in [0.25, 0.3) is 5.32 Å². The average molecular weight is 156 g/mol. The summed E-state index contributed by atoms with van der Waals surface area (Å²) in [6, 6.07) is 0. The van der Waals surface area contributed by atoms with E-state index in [4.69, 9.17) is 0 Å². The summed E-state index contributed by atoms with van der Waals surface area (Å²) in [5.41, 5.74) is 0. The van der Waals surface area contributed by atoms with Gasteiger partial charge in [-0.1, -0.05) is 12.8 Å². The van der Waals surface area contributed by atoms with Gasteiger partial charge in [-0.05, 0) is 0 Å². The molecule has 0 radical (unpaired) electrons. The van der Waals surface area contributed by atoms with Gasteiger partial charge in [0.05, 0.1) is 0 Å². The van der Waals surface area contributed by atoms with E-state index in [9.17, 15) is 0 Å². The Balaban J connectivity index is 0.000000250. The maximum absolute atomic E-state index is 4.00. The maximum atomic E-state index is 4.00. The molecular weight excluding hydrogens is 148 g/mol. The molecule has 1 nitrogen and oxygen atoms in total. The maximum Gasteiger partial charge on any atom is 1.00 e. The van der Waals surface area contributed by atoms with E-state index in [2.05, 4.69) is 12.2 Å². The van der Waals surface area contributed by atoms with Gasteiger partial charge in [-0.3, -0.25) is 0 Å². The van der Waals surface area contributed by atoms with E-state index in [1.807, 2.05) is 0 Å². The Morgan fingerprint density at radius 3 is 1.83 bits per heavy atom. The number of hydrogen-bond acceptors (Lipinski definition) is 0. The molecule has 1 aliphatic rings. The fraction of sp³-hybridized carbons (Fsp3) is 1.00. The van der Waals surface area contributed by atoms with Crippen molar-refractivity contribution in [3.05, 3.63) is 5.32 Å². The van der Waals surface area contributed by atoms with Crippen LogP contribution >= 0.6 is 0 Å². The van der Waals surface area contributed by atoms with Crippen LogP contribution in [0, 0.1) is 5.92 Å². The molecule has 0 aliphatic carbocycles. The van der Waals surface area contributed by atoms with Gasteiger partial charge in [-0.2, -0.15) is 0 Å². The first-order chi connectivity index (χ1) is 2.39. The average Bonchev–Trinajstić information content (AvgIpc) is 1.30. The van der Waals surface area contributed by atoms with E-state index >= 15 is 0 Å². The Morgan fingerprint density at radius 1 is 1.50 bits per heavy atom. The summed E-state index contributed by atoms with van der Waals surface area (Å²) in [6.45, 7) is 4.44. The van der Waals surface area contributed by atoms with Crippen molar-refractivity contribution >= 4 is 0 Å². The van der Waals surface area contributed by atoms with Crippen LogP contribution in [0.3, 0.4) is 0 Å². The third-order valence-corrected chi connectivity index (χ3v) is 0.882. The molecule has 0 aromatic rings. The summed E-state index contributed by atoms with van der Waals surface area (Å²) in [4.78, 5) is 0. The molecule has 0 aromatic carbocycles. The molecule has 2 heteroatoms. The van der Waals surface area contributed by atoms with Crippen molar-refractivity contribution in [1.82, 2.24) is 0 Å². The van der Waals surface area contributed by atoms with Crippen molar-refractivity contribution in [2.45, 2.75) is 6.92 Å². The van der Waals surface area contributed by atoms with Crippen LogP contribution in [0.5, 0.6) is 0 Å². The van der Waals surface area contributed by atoms with Gasteiger partial charge in [0, 0.05) is 0 Å². The van der Waals surface area contributed by atoms with Crippen LogP contribution in [-0.2, 0) is 0 Å². The van der Waals surface area contributed by atoms with Crippen molar-refractivity contribution in [2.75, 3.05) is 13.1 Å². The van der Waals surface area contributed by atoms with Crippen molar-refractivity contribution in [1.29, 1.82) is 0 Å². The zero-order valence-electron chi connectivity index (χ0n) is 4.44. The van der Waals surface area contributed by atoms with Crippen LogP contribution < -0.4 is 58.2 Å². The van der Waals surface area contributed by atoms with Crippen LogP contribution in [0.2, 0.25) is 0 Å². The van der Waals surface area contributed by atoms with E-state index < -0.39 is 0 Å². The first-order valence-electron chi connectivity index (χ1n) is 2.03. The Labute approximate surface area is 87.7 Å². The number of hydrogen-bond donors (Lipinski definition) is 0. The minimum Gasteiger partial charge on any atom is -0.662 e. The topological polar surface area (TPSA) is 14.1 Å². The molecule has 0 bridgehead atoms. The van der Waals surface area contributed by atoms with Crippen LogP contribution in [0.1, 0.15) is 6.92 Å². The SMILES string of the molecule is CC1C[N-]C1.[Rb+]. The second-order valence-electron chi connectivity index (χ2n) is 1.69. The fourth-order valence-corrected chi connectivity index (χ4v) is 0.387. The molecule has 1 fully saturated rings. The summed E-state index contributed by atoms with van der Waals surface area (Å²) < 4.78 is 0. The van der Waals surface area contributed by atoms with E-state index in [1.54, 1.807) is 0 Å². The Bertz CT molecular complexity index is 34.5. The summed E-state index contributed by atoms with van der Waals surface area (Å²) in [7, 11) is 0. The van der Waals surface area contributed by atoms with E-state index in [0.717, 1.165) is 19.0 Å². The van der Waals surface area contributed by atoms with Crippen molar-refractivity contribution in [3.8, 4) is 0 Å². The molecule has 0 atom stereocenters. The van der Waals surface area contributed by atoms with Gasteiger partial charge in [-0.15, -0.1) is 13.1 Å². The van der Waals surface area contributed by atoms with E-state index in [-0.39, 0.29) is 58.2 Å². The Kier molecular flexibility index (Phi) is 4.83. The molecule has 1 rings (SSSR count). The quantitative estimate of drug-likeness (QED) is 0.385. The minimum absolute atomic E-state index is 0. The van der Waals surface area contributed by atoms with Gasteiger partial charge in [0.1, 0.15) is 0 Å². The Hall–Kier alpha value is 1.77. The first-order valence-corrected chi connectivity index (χ1v) is 2.03. The third kappa shape index (κ3) is 2.17. The Morgan fingerprint density at radius 2 is 1.83 bits per heavy atom. The zero-order chi connectivity index (χ0) is 3.70. The molecule has 0 spiro atoms. The van der Waals surface area contributed by atoms with E-state index in [0.29, 0.717) is 0 Å². The summed E-state index contributed by atoms with van der Waals surface area (Å²) in [6.07, 6.45) is 0. The molecule has 0 saturated carbocycles. The van der Waals surface area contributed by atoms with Gasteiger partial charge >= 0.3 is 58.2 Å². The predicted octanol–water partition coefficient (Wildman–Crippen LogP) is -1.99. The zero-order valence-corrected chi connectivity index (χ0v) is 9.35. The molecule has 0 unspecified atom stereocenters. The molecule has 1 saturated heterocycles. The smallest absolute Gasteiger partial charge is 0.662 e. The van der Waals surface area contributed by atoms with Gasteiger partial charge < -0.3 is 5.32 Å². The van der Waals surface area contributed by atoms with Crippen molar-refractivity contribution in [3.63, 3.8) is 0 Å². The second kappa shape index (κ2) is 3.73. The summed E-state index contributed by atoms with van der Waals surface area (Å²) in [5.74, 6) is 0.898. The van der Waals surface area contributed by atoms with Crippen molar-refractivity contribution < 1.29 is 58.2 Å². The molecule has 6 heavy (non-hydrogen) atoms. The van der Waals surface area contributed by atoms with Crippen LogP contribution in [0.15, 0.2) is 0 Å². The fourth-order valence-electron chi connectivity index (χ4n) is 0.387. The molecular formula is C4H8NRb. The van der Waals surface area contributed by atoms with Crippen LogP contribution in [0.4, 0.5) is 0 Å². The van der Waals surface area contributed by atoms with Gasteiger partial charge in [0.15, 0.2) is 0 Å². The second-order valence-corrected chi connectivity index (χ2v) is 1.69. The number of rotatable bonds is 0. The molecule has 30 valence electrons. The molecule has 0 aromatic heterocycles. The first kappa shape index (κ1) is 7.77. The van der Waals surface area contributed by atoms with Gasteiger partial charge in [0.25, 0.3) is 0 Å². The molecule has 0 amide bonds. The minimum atomic E-state index is 0. The summed E-state index contributed by atoms with van der Waals surface area (Å²) >= 11 is 0. The molecule has 0 N–H and O–H groups in total. The normalized spacial score (nSPS) is 21.5. The predicted molar refractivity (Wildman–Crippen MR) is 22.3 cm³/mol. The molecule has 1 aliphatic heterocycles. The van der Waals surface area contributed by atoms with Gasteiger partial charge in [-0.25, -0.2) is 0 Å². The van der Waals surface area contributed by atoms with Crippen LogP contribution in [-0.4, -0.2) is 13.1 Å². The third-order valence-electron chi connectivity index (χ3n) is 0.882. The standard InChI is InChI=1S/C4H8N.Rb/c1-4-2-5-3-4;/h4H,2-3H2,1H3;/q-1;+1. The largest absolute Gasteiger partial charge is 1.00 e.